The van der Waals surface area contributed by atoms with Gasteiger partial charge in [0.15, 0.2) is 0 Å². The van der Waals surface area contributed by atoms with Crippen LogP contribution in [0.25, 0.3) is 0 Å². The molecule has 72 valence electrons. The number of halogens is 1. The van der Waals surface area contributed by atoms with Gasteiger partial charge >= 0.3 is 0 Å². The van der Waals surface area contributed by atoms with Crippen molar-refractivity contribution in [1.29, 1.82) is 5.26 Å². The van der Waals surface area contributed by atoms with Crippen LogP contribution < -0.4 is 5.32 Å². The summed E-state index contributed by atoms with van der Waals surface area (Å²) in [5.74, 6) is -0.263. The number of nitriles is 1. The highest BCUT2D eigenvalue weighted by molar-refractivity contribution is 5.52. The molecule has 1 fully saturated rings. The second kappa shape index (κ2) is 2.98. The fourth-order valence-electron chi connectivity index (χ4n) is 1.47. The molecule has 0 spiro atoms. The van der Waals surface area contributed by atoms with Crippen LogP contribution in [0.15, 0.2) is 18.2 Å². The Balaban J connectivity index is 2.22. The van der Waals surface area contributed by atoms with Crippen LogP contribution in [0.5, 0.6) is 0 Å². The molecule has 1 aliphatic rings. The van der Waals surface area contributed by atoms with Crippen molar-refractivity contribution in [3.8, 4) is 6.07 Å². The minimum absolute atomic E-state index is 0.263. The summed E-state index contributed by atoms with van der Waals surface area (Å²) in [6, 6.07) is 6.94. The van der Waals surface area contributed by atoms with Gasteiger partial charge in [-0.15, -0.1) is 0 Å². The molecule has 1 aromatic rings. The van der Waals surface area contributed by atoms with Gasteiger partial charge in [-0.25, -0.2) is 4.39 Å². The van der Waals surface area contributed by atoms with Gasteiger partial charge in [-0.3, -0.25) is 0 Å². The molecule has 0 aromatic heterocycles. The molecule has 0 aliphatic heterocycles. The van der Waals surface area contributed by atoms with Crippen LogP contribution >= 0.6 is 0 Å². The Hall–Kier alpha value is -1.56. The molecule has 1 aliphatic carbocycles. The van der Waals surface area contributed by atoms with Crippen LogP contribution in [-0.2, 0) is 0 Å². The Bertz CT molecular complexity index is 382. The molecule has 0 saturated heterocycles. The third-order valence-corrected chi connectivity index (χ3v) is 2.39. The van der Waals surface area contributed by atoms with Gasteiger partial charge in [0.2, 0.25) is 0 Å². The smallest absolute Gasteiger partial charge is 0.125 e. The topological polar surface area (TPSA) is 35.8 Å². The van der Waals surface area contributed by atoms with Gasteiger partial charge in [0.1, 0.15) is 11.4 Å². The van der Waals surface area contributed by atoms with E-state index in [0.717, 1.165) is 18.4 Å². The van der Waals surface area contributed by atoms with E-state index in [0.29, 0.717) is 5.69 Å². The molecule has 2 nitrogen and oxygen atoms in total. The van der Waals surface area contributed by atoms with Crippen molar-refractivity contribution in [1.82, 2.24) is 0 Å². The summed E-state index contributed by atoms with van der Waals surface area (Å²) in [6.07, 6.45) is 1.69. The van der Waals surface area contributed by atoms with E-state index in [9.17, 15) is 4.39 Å². The van der Waals surface area contributed by atoms with Gasteiger partial charge in [-0.05, 0) is 43.5 Å². The lowest BCUT2D eigenvalue weighted by atomic mass is 10.2. The van der Waals surface area contributed by atoms with Crippen LogP contribution in [0.3, 0.4) is 0 Å². The van der Waals surface area contributed by atoms with Crippen LogP contribution in [0.4, 0.5) is 10.1 Å². The average molecular weight is 190 g/mol. The number of hydrogen-bond donors (Lipinski definition) is 1. The van der Waals surface area contributed by atoms with Gasteiger partial charge in [0, 0.05) is 5.69 Å². The van der Waals surface area contributed by atoms with Gasteiger partial charge in [-0.2, -0.15) is 5.26 Å². The normalized spacial score (nSPS) is 17.2. The predicted octanol–water partition coefficient (Wildman–Crippen LogP) is 2.60. The number of rotatable bonds is 2. The van der Waals surface area contributed by atoms with E-state index in [2.05, 4.69) is 11.4 Å². The molecule has 14 heavy (non-hydrogen) atoms. The lowest BCUT2D eigenvalue weighted by Crippen LogP contribution is -2.18. The Morgan fingerprint density at radius 1 is 1.43 bits per heavy atom. The highest BCUT2D eigenvalue weighted by Gasteiger charge is 2.43. The molecule has 1 aromatic carbocycles. The molecule has 0 unspecified atom stereocenters. The summed E-state index contributed by atoms with van der Waals surface area (Å²) in [7, 11) is 0. The van der Waals surface area contributed by atoms with E-state index in [4.69, 9.17) is 5.26 Å². The first-order valence-corrected chi connectivity index (χ1v) is 4.60. The molecule has 1 saturated carbocycles. The average Bonchev–Trinajstić information content (AvgIpc) is 2.83. The lowest BCUT2D eigenvalue weighted by molar-refractivity contribution is 0.627. The maximum absolute atomic E-state index is 13.0. The Morgan fingerprint density at radius 3 is 2.64 bits per heavy atom. The Kier molecular flexibility index (Phi) is 1.92. The number of nitrogens with one attached hydrogen (secondary N) is 1. The lowest BCUT2D eigenvalue weighted by Gasteiger charge is -2.11. The molecule has 0 radical (unpaired) electrons. The molecular weight excluding hydrogens is 179 g/mol. The number of aryl methyl sites for hydroxylation is 1. The summed E-state index contributed by atoms with van der Waals surface area (Å²) < 4.78 is 13.0. The first-order chi connectivity index (χ1) is 6.63. The standard InChI is InChI=1S/C11H11FN2/c1-8-4-9(12)6-10(5-8)14-11(7-13)2-3-11/h4-6,14H,2-3H2,1H3. The summed E-state index contributed by atoms with van der Waals surface area (Å²) >= 11 is 0. The largest absolute Gasteiger partial charge is 0.367 e. The van der Waals surface area contributed by atoms with Crippen molar-refractivity contribution < 1.29 is 4.39 Å². The molecule has 1 N–H and O–H groups in total. The zero-order chi connectivity index (χ0) is 10.2. The first-order valence-electron chi connectivity index (χ1n) is 4.60. The second-order valence-electron chi connectivity index (χ2n) is 3.84. The second-order valence-corrected chi connectivity index (χ2v) is 3.84. The molecular formula is C11H11FN2. The minimum Gasteiger partial charge on any atom is -0.367 e. The zero-order valence-corrected chi connectivity index (χ0v) is 7.97. The van der Waals surface area contributed by atoms with Crippen molar-refractivity contribution in [3.05, 3.63) is 29.6 Å². The summed E-state index contributed by atoms with van der Waals surface area (Å²) in [5, 5.41) is 11.9. The Labute approximate surface area is 82.4 Å². The number of hydrogen-bond acceptors (Lipinski definition) is 2. The van der Waals surface area contributed by atoms with Crippen molar-refractivity contribution in [2.75, 3.05) is 5.32 Å². The van der Waals surface area contributed by atoms with E-state index in [1.807, 2.05) is 13.0 Å². The number of anilines is 1. The zero-order valence-electron chi connectivity index (χ0n) is 7.97. The molecule has 0 heterocycles. The van der Waals surface area contributed by atoms with Gasteiger partial charge in [0.25, 0.3) is 0 Å². The van der Waals surface area contributed by atoms with E-state index in [1.54, 1.807) is 0 Å². The Morgan fingerprint density at radius 2 is 2.14 bits per heavy atom. The van der Waals surface area contributed by atoms with E-state index < -0.39 is 5.54 Å². The van der Waals surface area contributed by atoms with Crippen molar-refractivity contribution >= 4 is 5.69 Å². The van der Waals surface area contributed by atoms with Crippen molar-refractivity contribution in [3.63, 3.8) is 0 Å². The highest BCUT2D eigenvalue weighted by Crippen LogP contribution is 2.38. The van der Waals surface area contributed by atoms with Gasteiger partial charge < -0.3 is 5.32 Å². The van der Waals surface area contributed by atoms with Crippen LogP contribution in [-0.4, -0.2) is 5.54 Å². The third kappa shape index (κ3) is 1.69. The van der Waals surface area contributed by atoms with Gasteiger partial charge in [-0.1, -0.05) is 0 Å². The molecule has 0 amide bonds. The van der Waals surface area contributed by atoms with Crippen molar-refractivity contribution in [2.24, 2.45) is 0 Å². The molecule has 2 rings (SSSR count). The van der Waals surface area contributed by atoms with Crippen LogP contribution in [0, 0.1) is 24.1 Å². The highest BCUT2D eigenvalue weighted by atomic mass is 19.1. The number of nitrogens with zero attached hydrogens (tertiary/aromatic N) is 1. The van der Waals surface area contributed by atoms with E-state index >= 15 is 0 Å². The summed E-state index contributed by atoms with van der Waals surface area (Å²) in [5.41, 5.74) is 1.13. The maximum atomic E-state index is 13.0. The van der Waals surface area contributed by atoms with Crippen LogP contribution in [0.1, 0.15) is 18.4 Å². The van der Waals surface area contributed by atoms with E-state index in [1.165, 1.54) is 12.1 Å². The molecule has 0 atom stereocenters. The molecule has 0 bridgehead atoms. The van der Waals surface area contributed by atoms with E-state index in [-0.39, 0.29) is 5.82 Å². The predicted molar refractivity (Wildman–Crippen MR) is 52.3 cm³/mol. The molecule has 3 heteroatoms. The SMILES string of the molecule is Cc1cc(F)cc(NC2(C#N)CC2)c1. The maximum Gasteiger partial charge on any atom is 0.125 e. The fraction of sp³-hybridized carbons (Fsp3) is 0.364. The monoisotopic (exact) mass is 190 g/mol. The quantitative estimate of drug-likeness (QED) is 0.778. The first kappa shape index (κ1) is 9.01. The minimum atomic E-state index is -0.430. The number of benzene rings is 1. The van der Waals surface area contributed by atoms with Crippen LogP contribution in [0.2, 0.25) is 0 Å². The summed E-state index contributed by atoms with van der Waals surface area (Å²) in [4.78, 5) is 0. The fourth-order valence-corrected chi connectivity index (χ4v) is 1.47. The van der Waals surface area contributed by atoms with Gasteiger partial charge in [0.05, 0.1) is 6.07 Å². The summed E-state index contributed by atoms with van der Waals surface area (Å²) in [6.45, 7) is 1.83. The van der Waals surface area contributed by atoms with Crippen molar-refractivity contribution in [2.45, 2.75) is 25.3 Å². The third-order valence-electron chi connectivity index (χ3n) is 2.39.